The second kappa shape index (κ2) is 5.93. The maximum absolute atomic E-state index is 10.4. The zero-order valence-corrected chi connectivity index (χ0v) is 11.0. The van der Waals surface area contributed by atoms with Gasteiger partial charge in [-0.15, -0.1) is 0 Å². The Balaban J connectivity index is 2.07. The minimum atomic E-state index is -0.804. The third-order valence-electron chi connectivity index (χ3n) is 3.25. The molecule has 1 unspecified atom stereocenters. The maximum Gasteiger partial charge on any atom is 0.303 e. The summed E-state index contributed by atoms with van der Waals surface area (Å²) in [5.41, 5.74) is 8.26. The van der Waals surface area contributed by atoms with E-state index in [9.17, 15) is 4.79 Å². The van der Waals surface area contributed by atoms with Crippen LogP contribution in [0.1, 0.15) is 24.0 Å². The third-order valence-corrected chi connectivity index (χ3v) is 3.25. The summed E-state index contributed by atoms with van der Waals surface area (Å²) in [6, 6.07) is 3.97. The predicted octanol–water partition coefficient (Wildman–Crippen LogP) is 1.36. The highest BCUT2D eigenvalue weighted by Gasteiger charge is 2.23. The summed E-state index contributed by atoms with van der Waals surface area (Å²) in [5, 5.41) is 8.59. The van der Waals surface area contributed by atoms with Crippen LogP contribution in [0, 0.1) is 0 Å². The number of nitrogens with two attached hydrogens (primary N) is 1. The quantitative estimate of drug-likeness (QED) is 0.759. The number of ether oxygens (including phenoxy) is 2. The Morgan fingerprint density at radius 1 is 1.47 bits per heavy atom. The van der Waals surface area contributed by atoms with Gasteiger partial charge in [0.2, 0.25) is 0 Å². The Bertz CT molecular complexity index is 473. The summed E-state index contributed by atoms with van der Waals surface area (Å²) in [7, 11) is 1.62. The lowest BCUT2D eigenvalue weighted by atomic mass is 10.1. The van der Waals surface area contributed by atoms with Gasteiger partial charge in [0.15, 0.2) is 0 Å². The zero-order chi connectivity index (χ0) is 13.8. The number of carboxylic acid groups (broad SMARTS) is 1. The molecule has 0 aromatic heterocycles. The Kier molecular flexibility index (Phi) is 4.27. The average Bonchev–Trinajstić information content (AvgIpc) is 2.74. The molecule has 0 fully saturated rings. The van der Waals surface area contributed by atoms with Crippen molar-refractivity contribution in [2.45, 2.75) is 31.7 Å². The van der Waals surface area contributed by atoms with Gasteiger partial charge in [-0.1, -0.05) is 0 Å². The summed E-state index contributed by atoms with van der Waals surface area (Å²) < 4.78 is 10.9. The van der Waals surface area contributed by atoms with Crippen LogP contribution in [-0.4, -0.2) is 30.8 Å². The molecule has 0 saturated carbocycles. The molecule has 0 aliphatic heterocycles. The molecule has 0 bridgehead atoms. The van der Waals surface area contributed by atoms with E-state index < -0.39 is 5.97 Å². The first-order valence-electron chi connectivity index (χ1n) is 6.40. The number of aliphatic carboxylic acids is 1. The minimum Gasteiger partial charge on any atom is -0.497 e. The summed E-state index contributed by atoms with van der Waals surface area (Å²) in [5.74, 6) is 0.718. The van der Waals surface area contributed by atoms with Crippen LogP contribution in [0.5, 0.6) is 11.5 Å². The number of carbonyl (C=O) groups is 1. The Morgan fingerprint density at radius 3 is 2.95 bits per heavy atom. The number of benzene rings is 1. The minimum absolute atomic E-state index is 0.117. The first kappa shape index (κ1) is 13.7. The van der Waals surface area contributed by atoms with E-state index in [1.54, 1.807) is 7.11 Å². The van der Waals surface area contributed by atoms with E-state index in [0.717, 1.165) is 29.9 Å². The van der Waals surface area contributed by atoms with Crippen molar-refractivity contribution in [1.29, 1.82) is 0 Å². The number of hydrogen-bond acceptors (Lipinski definition) is 4. The van der Waals surface area contributed by atoms with Crippen molar-refractivity contribution in [3.63, 3.8) is 0 Å². The normalized spacial score (nSPS) is 17.1. The molecular weight excluding hydrogens is 246 g/mol. The molecule has 0 amide bonds. The SMILES string of the molecule is COc1cc2c(c(OCCCC(=O)O)c1)CC(N)C2. The van der Waals surface area contributed by atoms with Gasteiger partial charge in [0.05, 0.1) is 13.7 Å². The van der Waals surface area contributed by atoms with E-state index in [-0.39, 0.29) is 12.5 Å². The van der Waals surface area contributed by atoms with Gasteiger partial charge < -0.3 is 20.3 Å². The number of hydrogen-bond donors (Lipinski definition) is 2. The van der Waals surface area contributed by atoms with Crippen LogP contribution < -0.4 is 15.2 Å². The summed E-state index contributed by atoms with van der Waals surface area (Å²) in [4.78, 5) is 10.4. The van der Waals surface area contributed by atoms with Gasteiger partial charge in [-0.2, -0.15) is 0 Å². The molecule has 1 aromatic rings. The van der Waals surface area contributed by atoms with Gasteiger partial charge in [-0.3, -0.25) is 4.79 Å². The molecule has 5 heteroatoms. The summed E-state index contributed by atoms with van der Waals surface area (Å²) in [6.07, 6.45) is 2.24. The number of methoxy groups -OCH3 is 1. The number of rotatable bonds is 6. The number of carboxylic acids is 1. The van der Waals surface area contributed by atoms with Crippen molar-refractivity contribution in [3.8, 4) is 11.5 Å². The molecule has 0 spiro atoms. The van der Waals surface area contributed by atoms with E-state index in [0.29, 0.717) is 13.0 Å². The molecule has 3 N–H and O–H groups in total. The molecule has 104 valence electrons. The third kappa shape index (κ3) is 3.38. The maximum atomic E-state index is 10.4. The monoisotopic (exact) mass is 265 g/mol. The topological polar surface area (TPSA) is 81.8 Å². The average molecular weight is 265 g/mol. The molecule has 19 heavy (non-hydrogen) atoms. The Morgan fingerprint density at radius 2 is 2.26 bits per heavy atom. The lowest BCUT2D eigenvalue weighted by molar-refractivity contribution is -0.137. The molecule has 0 saturated heterocycles. The highest BCUT2D eigenvalue weighted by Crippen LogP contribution is 2.34. The van der Waals surface area contributed by atoms with E-state index in [1.807, 2.05) is 12.1 Å². The fourth-order valence-corrected chi connectivity index (χ4v) is 2.36. The first-order chi connectivity index (χ1) is 9.10. The molecular formula is C14H19NO4. The van der Waals surface area contributed by atoms with Crippen molar-refractivity contribution in [2.75, 3.05) is 13.7 Å². The van der Waals surface area contributed by atoms with Crippen molar-refractivity contribution in [1.82, 2.24) is 0 Å². The van der Waals surface area contributed by atoms with Gasteiger partial charge in [0.1, 0.15) is 11.5 Å². The van der Waals surface area contributed by atoms with Crippen molar-refractivity contribution < 1.29 is 19.4 Å². The van der Waals surface area contributed by atoms with Crippen LogP contribution in [0.25, 0.3) is 0 Å². The van der Waals surface area contributed by atoms with Crippen molar-refractivity contribution in [3.05, 3.63) is 23.3 Å². The van der Waals surface area contributed by atoms with Crippen molar-refractivity contribution in [2.24, 2.45) is 5.73 Å². The van der Waals surface area contributed by atoms with Crippen LogP contribution in [0.2, 0.25) is 0 Å². The second-order valence-corrected chi connectivity index (χ2v) is 4.78. The summed E-state index contributed by atoms with van der Waals surface area (Å²) in [6.45, 7) is 0.390. The van der Waals surface area contributed by atoms with Crippen molar-refractivity contribution >= 4 is 5.97 Å². The van der Waals surface area contributed by atoms with Gasteiger partial charge in [-0.05, 0) is 36.5 Å². The lowest BCUT2D eigenvalue weighted by Crippen LogP contribution is -2.19. The van der Waals surface area contributed by atoms with Crippen LogP contribution in [0.4, 0.5) is 0 Å². The summed E-state index contributed by atoms with van der Waals surface area (Å²) >= 11 is 0. The first-order valence-corrected chi connectivity index (χ1v) is 6.40. The molecule has 1 atom stereocenters. The molecule has 1 aromatic carbocycles. The van der Waals surface area contributed by atoms with E-state index in [4.69, 9.17) is 20.3 Å². The number of fused-ring (bicyclic) bond motifs is 1. The fraction of sp³-hybridized carbons (Fsp3) is 0.500. The lowest BCUT2D eigenvalue weighted by Gasteiger charge is -2.12. The highest BCUT2D eigenvalue weighted by molar-refractivity contribution is 5.66. The van der Waals surface area contributed by atoms with E-state index >= 15 is 0 Å². The molecule has 0 radical (unpaired) electrons. The van der Waals surface area contributed by atoms with Crippen LogP contribution in [-0.2, 0) is 17.6 Å². The molecule has 1 aliphatic rings. The largest absolute Gasteiger partial charge is 0.497 e. The second-order valence-electron chi connectivity index (χ2n) is 4.78. The van der Waals surface area contributed by atoms with Crippen LogP contribution in [0.3, 0.4) is 0 Å². The smallest absolute Gasteiger partial charge is 0.303 e. The Labute approximate surface area is 112 Å². The molecule has 5 nitrogen and oxygen atoms in total. The van der Waals surface area contributed by atoms with Gasteiger partial charge in [-0.25, -0.2) is 0 Å². The van der Waals surface area contributed by atoms with Gasteiger partial charge in [0, 0.05) is 18.5 Å². The van der Waals surface area contributed by atoms with E-state index in [1.165, 1.54) is 5.56 Å². The Hall–Kier alpha value is -1.75. The zero-order valence-electron chi connectivity index (χ0n) is 11.0. The van der Waals surface area contributed by atoms with Gasteiger partial charge >= 0.3 is 5.97 Å². The van der Waals surface area contributed by atoms with E-state index in [2.05, 4.69) is 0 Å². The molecule has 0 heterocycles. The standard InChI is InChI=1S/C14H19NO4/c1-18-11-6-9-5-10(15)7-12(9)13(8-11)19-4-2-3-14(16)17/h6,8,10H,2-5,7,15H2,1H3,(H,16,17). The highest BCUT2D eigenvalue weighted by atomic mass is 16.5. The fourth-order valence-electron chi connectivity index (χ4n) is 2.36. The van der Waals surface area contributed by atoms with Gasteiger partial charge in [0.25, 0.3) is 0 Å². The molecule has 1 aliphatic carbocycles. The predicted molar refractivity (Wildman–Crippen MR) is 70.7 cm³/mol. The van der Waals surface area contributed by atoms with Crippen LogP contribution >= 0.6 is 0 Å². The van der Waals surface area contributed by atoms with Crippen LogP contribution in [0.15, 0.2) is 12.1 Å². The molecule has 2 rings (SSSR count).